The molecule has 1 rings (SSSR count). The summed E-state index contributed by atoms with van der Waals surface area (Å²) in [7, 11) is 0. The number of carbonyl (C=O) groups excluding carboxylic acids is 1. The molecule has 0 bridgehead atoms. The van der Waals surface area contributed by atoms with Crippen LogP contribution in [0, 0.1) is 0 Å². The lowest BCUT2D eigenvalue weighted by Crippen LogP contribution is -2.12. The van der Waals surface area contributed by atoms with Gasteiger partial charge in [-0.3, -0.25) is 4.79 Å². The van der Waals surface area contributed by atoms with Gasteiger partial charge < -0.3 is 4.74 Å². The smallest absolute Gasteiger partial charge is 0.160 e. The van der Waals surface area contributed by atoms with Crippen LogP contribution >= 0.6 is 11.6 Å². The summed E-state index contributed by atoms with van der Waals surface area (Å²) in [6.07, 6.45) is 0.334. The highest BCUT2D eigenvalue weighted by atomic mass is 35.5. The van der Waals surface area contributed by atoms with Gasteiger partial charge in [-0.1, -0.05) is 25.4 Å². The minimum Gasteiger partial charge on any atom is -0.483 e. The van der Waals surface area contributed by atoms with Crippen LogP contribution in [0.15, 0.2) is 24.3 Å². The van der Waals surface area contributed by atoms with Gasteiger partial charge in [-0.25, -0.2) is 0 Å². The predicted octanol–water partition coefficient (Wildman–Crippen LogP) is 3.33. The van der Waals surface area contributed by atoms with Crippen LogP contribution in [0.5, 0.6) is 5.75 Å². The Hall–Kier alpha value is -1.02. The number of hydrogen-bond donors (Lipinski definition) is 0. The fourth-order valence-electron chi connectivity index (χ4n) is 0.756. The third-order valence-corrected chi connectivity index (χ3v) is 1.58. The first-order valence-electron chi connectivity index (χ1n) is 4.60. The zero-order valence-corrected chi connectivity index (χ0v) is 9.41. The number of rotatable bonds is 3. The molecule has 0 amide bonds. The molecule has 0 radical (unpaired) electrons. The van der Waals surface area contributed by atoms with Crippen LogP contribution in [0.3, 0.4) is 0 Å². The zero-order valence-electron chi connectivity index (χ0n) is 8.66. The molecule has 1 unspecified atom stereocenters. The largest absolute Gasteiger partial charge is 0.483 e. The molecule has 0 fully saturated rings. The van der Waals surface area contributed by atoms with Crippen molar-refractivity contribution >= 4 is 17.9 Å². The number of benzene rings is 1. The maximum absolute atomic E-state index is 10.2. The first kappa shape index (κ1) is 13.0. The maximum atomic E-state index is 10.2. The molecule has 1 aromatic rings. The Labute approximate surface area is 89.8 Å². The summed E-state index contributed by atoms with van der Waals surface area (Å²) in [4.78, 5) is 10.2. The van der Waals surface area contributed by atoms with E-state index in [4.69, 9.17) is 16.3 Å². The van der Waals surface area contributed by atoms with E-state index in [2.05, 4.69) is 0 Å². The van der Waals surface area contributed by atoms with E-state index in [9.17, 15) is 4.79 Å². The molecule has 0 heterocycles. The molecule has 1 aromatic carbocycles. The normalized spacial score (nSPS) is 10.9. The molecule has 2 nitrogen and oxygen atoms in total. The number of carbonyl (C=O) groups is 1. The van der Waals surface area contributed by atoms with E-state index >= 15 is 0 Å². The summed E-state index contributed by atoms with van der Waals surface area (Å²) in [6.45, 7) is 5.68. The summed E-state index contributed by atoms with van der Waals surface area (Å²) in [5.74, 6) is 0.652. The molecule has 0 aliphatic rings. The molecule has 0 aliphatic carbocycles. The van der Waals surface area contributed by atoms with Gasteiger partial charge in [-0.05, 0) is 31.2 Å². The summed E-state index contributed by atoms with van der Waals surface area (Å²) < 4.78 is 5.19. The van der Waals surface area contributed by atoms with Gasteiger partial charge in [-0.2, -0.15) is 0 Å². The lowest BCUT2D eigenvalue weighted by Gasteiger charge is -2.07. The average molecular weight is 215 g/mol. The van der Waals surface area contributed by atoms with Crippen LogP contribution in [0.25, 0.3) is 0 Å². The van der Waals surface area contributed by atoms with Gasteiger partial charge in [-0.15, -0.1) is 0 Å². The van der Waals surface area contributed by atoms with Gasteiger partial charge in [0, 0.05) is 5.02 Å². The fraction of sp³-hybridized carbons (Fsp3) is 0.364. The highest BCUT2D eigenvalue weighted by Crippen LogP contribution is 2.16. The van der Waals surface area contributed by atoms with Crippen LogP contribution in [-0.4, -0.2) is 12.4 Å². The second-order valence-electron chi connectivity index (χ2n) is 2.41. The molecule has 0 aromatic heterocycles. The van der Waals surface area contributed by atoms with E-state index < -0.39 is 6.10 Å². The summed E-state index contributed by atoms with van der Waals surface area (Å²) in [5.41, 5.74) is 0. The van der Waals surface area contributed by atoms with Crippen molar-refractivity contribution in [2.75, 3.05) is 0 Å². The van der Waals surface area contributed by atoms with E-state index in [0.717, 1.165) is 6.29 Å². The second kappa shape index (κ2) is 7.39. The molecule has 3 heteroatoms. The minimum absolute atomic E-state index is 0.411. The fourth-order valence-corrected chi connectivity index (χ4v) is 0.882. The summed E-state index contributed by atoms with van der Waals surface area (Å²) in [5, 5.41) is 0.654. The second-order valence-corrected chi connectivity index (χ2v) is 2.85. The highest BCUT2D eigenvalue weighted by Gasteiger charge is 2.00. The van der Waals surface area contributed by atoms with Gasteiger partial charge in [0.15, 0.2) is 12.4 Å². The molecule has 0 saturated heterocycles. The lowest BCUT2D eigenvalue weighted by atomic mass is 10.3. The number of ether oxygens (including phenoxy) is 1. The first-order chi connectivity index (χ1) is 6.72. The summed E-state index contributed by atoms with van der Waals surface area (Å²) in [6, 6.07) is 6.88. The molecule has 0 spiro atoms. The lowest BCUT2D eigenvalue weighted by molar-refractivity contribution is -0.113. The predicted molar refractivity (Wildman–Crippen MR) is 59.0 cm³/mol. The molecule has 0 aliphatic heterocycles. The van der Waals surface area contributed by atoms with Gasteiger partial charge in [0.05, 0.1) is 0 Å². The molecular formula is C11H15ClO2. The summed E-state index contributed by atoms with van der Waals surface area (Å²) >= 11 is 5.66. The highest BCUT2D eigenvalue weighted by molar-refractivity contribution is 6.30. The van der Waals surface area contributed by atoms with E-state index in [0.29, 0.717) is 10.8 Å². The van der Waals surface area contributed by atoms with Crippen molar-refractivity contribution in [1.82, 2.24) is 0 Å². The van der Waals surface area contributed by atoms with Crippen LogP contribution in [0.2, 0.25) is 5.02 Å². The monoisotopic (exact) mass is 214 g/mol. The molecule has 78 valence electrons. The Balaban J connectivity index is 0.000000791. The molecule has 0 saturated carbocycles. The Kier molecular flexibility index (Phi) is 6.85. The Morgan fingerprint density at radius 3 is 2.21 bits per heavy atom. The number of aldehydes is 1. The van der Waals surface area contributed by atoms with Crippen molar-refractivity contribution in [2.45, 2.75) is 26.9 Å². The topological polar surface area (TPSA) is 26.3 Å². The number of halogens is 1. The van der Waals surface area contributed by atoms with Crippen molar-refractivity contribution in [3.05, 3.63) is 29.3 Å². The van der Waals surface area contributed by atoms with Crippen LogP contribution in [0.1, 0.15) is 20.8 Å². The Morgan fingerprint density at radius 2 is 1.79 bits per heavy atom. The minimum atomic E-state index is -0.411. The van der Waals surface area contributed by atoms with Crippen molar-refractivity contribution < 1.29 is 9.53 Å². The Morgan fingerprint density at radius 1 is 1.29 bits per heavy atom. The van der Waals surface area contributed by atoms with Crippen molar-refractivity contribution in [3.8, 4) is 5.75 Å². The van der Waals surface area contributed by atoms with Crippen molar-refractivity contribution in [2.24, 2.45) is 0 Å². The third-order valence-electron chi connectivity index (χ3n) is 1.33. The van der Waals surface area contributed by atoms with E-state index in [1.165, 1.54) is 0 Å². The van der Waals surface area contributed by atoms with Gasteiger partial charge in [0.1, 0.15) is 5.75 Å². The van der Waals surface area contributed by atoms with Crippen LogP contribution in [-0.2, 0) is 4.79 Å². The maximum Gasteiger partial charge on any atom is 0.160 e. The standard InChI is InChI=1S/C9H9ClO2.C2H6/c1-7(6-11)12-9-4-2-8(10)3-5-9;1-2/h2-7H,1H3;1-2H3. The van der Waals surface area contributed by atoms with Crippen LogP contribution in [0.4, 0.5) is 0 Å². The Bertz CT molecular complexity index is 256. The zero-order chi connectivity index (χ0) is 11.0. The van der Waals surface area contributed by atoms with Gasteiger partial charge in [0.2, 0.25) is 0 Å². The molecule has 1 atom stereocenters. The third kappa shape index (κ3) is 4.87. The van der Waals surface area contributed by atoms with Gasteiger partial charge >= 0.3 is 0 Å². The van der Waals surface area contributed by atoms with Crippen LogP contribution < -0.4 is 4.74 Å². The van der Waals surface area contributed by atoms with Gasteiger partial charge in [0.25, 0.3) is 0 Å². The SMILES string of the molecule is CC.CC(C=O)Oc1ccc(Cl)cc1. The van der Waals surface area contributed by atoms with Crippen molar-refractivity contribution in [1.29, 1.82) is 0 Å². The molecular weight excluding hydrogens is 200 g/mol. The molecule has 0 N–H and O–H groups in total. The number of hydrogen-bond acceptors (Lipinski definition) is 2. The first-order valence-corrected chi connectivity index (χ1v) is 4.97. The van der Waals surface area contributed by atoms with E-state index in [1.807, 2.05) is 13.8 Å². The molecule has 14 heavy (non-hydrogen) atoms. The average Bonchev–Trinajstić information content (AvgIpc) is 2.24. The van der Waals surface area contributed by atoms with E-state index in [1.54, 1.807) is 31.2 Å². The van der Waals surface area contributed by atoms with E-state index in [-0.39, 0.29) is 0 Å². The van der Waals surface area contributed by atoms with Crippen molar-refractivity contribution in [3.63, 3.8) is 0 Å². The quantitative estimate of drug-likeness (QED) is 0.722.